The number of piperidine rings is 1. The van der Waals surface area contributed by atoms with Crippen molar-refractivity contribution in [2.45, 2.75) is 53.5 Å². The minimum absolute atomic E-state index is 0.252. The molecule has 2 aliphatic rings. The van der Waals surface area contributed by atoms with Gasteiger partial charge in [0.05, 0.1) is 0 Å². The number of hydrogen-bond acceptors (Lipinski definition) is 2. The lowest BCUT2D eigenvalue weighted by Gasteiger charge is -2.39. The van der Waals surface area contributed by atoms with Gasteiger partial charge in [0.2, 0.25) is 0 Å². The fraction of sp³-hybridized carbons (Fsp3) is 0.778. The van der Waals surface area contributed by atoms with Gasteiger partial charge in [-0.1, -0.05) is 44.1 Å². The summed E-state index contributed by atoms with van der Waals surface area (Å²) in [6, 6.07) is 0.764. The van der Waals surface area contributed by atoms with Gasteiger partial charge in [0, 0.05) is 18.0 Å². The lowest BCUT2D eigenvalue weighted by Crippen LogP contribution is -2.45. The first-order valence-corrected chi connectivity index (χ1v) is 8.18. The largest absolute Gasteiger partial charge is 0.306 e. The molecule has 0 N–H and O–H groups in total. The Kier molecular flexibility index (Phi) is 6.47. The van der Waals surface area contributed by atoms with Gasteiger partial charge in [0.25, 0.3) is 0 Å². The van der Waals surface area contributed by atoms with Crippen LogP contribution in [0.4, 0.5) is 0 Å². The zero-order chi connectivity index (χ0) is 15.3. The van der Waals surface area contributed by atoms with Crippen LogP contribution in [0.15, 0.2) is 23.3 Å². The second-order valence-electron chi connectivity index (χ2n) is 6.58. The molecule has 1 aliphatic heterocycles. The molecule has 2 rings (SSSR count). The van der Waals surface area contributed by atoms with Crippen molar-refractivity contribution in [3.05, 3.63) is 23.3 Å². The molecule has 1 fully saturated rings. The Bertz CT molecular complexity index is 362. The minimum atomic E-state index is 0.252. The molecule has 1 heterocycles. The third-order valence-corrected chi connectivity index (χ3v) is 4.78. The first kappa shape index (κ1) is 17.5. The third-order valence-electron chi connectivity index (χ3n) is 4.78. The maximum absolute atomic E-state index is 2.58. The van der Waals surface area contributed by atoms with Crippen LogP contribution in [0.2, 0.25) is 0 Å². The fourth-order valence-corrected chi connectivity index (χ4v) is 3.42. The van der Waals surface area contributed by atoms with E-state index < -0.39 is 0 Å². The maximum Gasteiger partial charge on any atom is 0.0196 e. The molecular formula is C18H34N2. The van der Waals surface area contributed by atoms with Gasteiger partial charge >= 0.3 is 0 Å². The standard InChI is InChI=1S/C16H28N2.C2H6/c1-13-10-14(2)16(3,11-13)12-18(5)15-6-8-17(4)9-7-15;1-2/h10-11,15H,6-9,12H2,1-5H3;1-2H3. The van der Waals surface area contributed by atoms with E-state index in [2.05, 4.69) is 56.8 Å². The highest BCUT2D eigenvalue weighted by Crippen LogP contribution is 2.37. The molecule has 2 nitrogen and oxygen atoms in total. The number of likely N-dealkylation sites (tertiary alicyclic amines) is 1. The molecule has 0 saturated carbocycles. The number of nitrogens with zero attached hydrogens (tertiary/aromatic N) is 2. The molecule has 0 radical (unpaired) electrons. The van der Waals surface area contributed by atoms with Crippen molar-refractivity contribution in [1.82, 2.24) is 9.80 Å². The topological polar surface area (TPSA) is 6.48 Å². The Hall–Kier alpha value is -0.600. The van der Waals surface area contributed by atoms with Crippen molar-refractivity contribution in [3.8, 4) is 0 Å². The smallest absolute Gasteiger partial charge is 0.0196 e. The number of allylic oxidation sites excluding steroid dienone is 2. The van der Waals surface area contributed by atoms with Crippen molar-refractivity contribution < 1.29 is 0 Å². The summed E-state index contributed by atoms with van der Waals surface area (Å²) in [5, 5.41) is 0. The molecule has 20 heavy (non-hydrogen) atoms. The van der Waals surface area contributed by atoms with Crippen LogP contribution in [-0.2, 0) is 0 Å². The lowest BCUT2D eigenvalue weighted by molar-refractivity contribution is 0.124. The van der Waals surface area contributed by atoms with Gasteiger partial charge in [-0.15, -0.1) is 0 Å². The van der Waals surface area contributed by atoms with Crippen LogP contribution in [0, 0.1) is 5.41 Å². The third kappa shape index (κ3) is 4.20. The minimum Gasteiger partial charge on any atom is -0.306 e. The highest BCUT2D eigenvalue weighted by atomic mass is 15.2. The first-order valence-electron chi connectivity index (χ1n) is 8.18. The summed E-state index contributed by atoms with van der Waals surface area (Å²) in [5.41, 5.74) is 3.19. The molecule has 116 valence electrons. The van der Waals surface area contributed by atoms with Gasteiger partial charge in [0.1, 0.15) is 0 Å². The van der Waals surface area contributed by atoms with E-state index in [-0.39, 0.29) is 5.41 Å². The molecule has 0 aromatic heterocycles. The van der Waals surface area contributed by atoms with E-state index in [1.807, 2.05) is 13.8 Å². The zero-order valence-electron chi connectivity index (χ0n) is 14.7. The molecule has 0 aromatic rings. The van der Waals surface area contributed by atoms with Gasteiger partial charge in [0.15, 0.2) is 0 Å². The highest BCUT2D eigenvalue weighted by Gasteiger charge is 2.31. The van der Waals surface area contributed by atoms with E-state index in [9.17, 15) is 0 Å². The summed E-state index contributed by atoms with van der Waals surface area (Å²) in [6.45, 7) is 14.5. The molecular weight excluding hydrogens is 244 g/mol. The van der Waals surface area contributed by atoms with E-state index in [1.54, 1.807) is 0 Å². The van der Waals surface area contributed by atoms with Crippen LogP contribution in [-0.4, -0.2) is 49.6 Å². The molecule has 1 aliphatic carbocycles. The van der Waals surface area contributed by atoms with Gasteiger partial charge in [-0.3, -0.25) is 0 Å². The maximum atomic E-state index is 2.58. The summed E-state index contributed by atoms with van der Waals surface area (Å²) in [5.74, 6) is 0. The average molecular weight is 278 g/mol. The second-order valence-corrected chi connectivity index (χ2v) is 6.58. The van der Waals surface area contributed by atoms with Crippen LogP contribution in [0.25, 0.3) is 0 Å². The monoisotopic (exact) mass is 278 g/mol. The van der Waals surface area contributed by atoms with Crippen LogP contribution in [0.1, 0.15) is 47.5 Å². The van der Waals surface area contributed by atoms with E-state index in [0.29, 0.717) is 0 Å². The van der Waals surface area contributed by atoms with Crippen LogP contribution >= 0.6 is 0 Å². The normalized spacial score (nSPS) is 28.0. The highest BCUT2D eigenvalue weighted by molar-refractivity contribution is 5.38. The zero-order valence-corrected chi connectivity index (χ0v) is 14.7. The van der Waals surface area contributed by atoms with E-state index in [0.717, 1.165) is 12.6 Å². The van der Waals surface area contributed by atoms with E-state index in [4.69, 9.17) is 0 Å². The van der Waals surface area contributed by atoms with Crippen molar-refractivity contribution in [2.75, 3.05) is 33.7 Å². The van der Waals surface area contributed by atoms with Gasteiger partial charge in [-0.25, -0.2) is 0 Å². The van der Waals surface area contributed by atoms with Crippen LogP contribution in [0.3, 0.4) is 0 Å². The second kappa shape index (κ2) is 7.42. The molecule has 1 unspecified atom stereocenters. The molecule has 0 amide bonds. The summed E-state index contributed by atoms with van der Waals surface area (Å²) in [6.07, 6.45) is 7.40. The molecule has 2 heteroatoms. The summed E-state index contributed by atoms with van der Waals surface area (Å²) >= 11 is 0. The Balaban J connectivity index is 0.000000956. The Morgan fingerprint density at radius 3 is 2.25 bits per heavy atom. The number of hydrogen-bond donors (Lipinski definition) is 0. The molecule has 0 aromatic carbocycles. The van der Waals surface area contributed by atoms with Gasteiger partial charge in [-0.05, 0) is 53.9 Å². The summed E-state index contributed by atoms with van der Waals surface area (Å²) in [7, 11) is 4.53. The molecule has 1 atom stereocenters. The molecule has 0 bridgehead atoms. The van der Waals surface area contributed by atoms with E-state index in [1.165, 1.54) is 37.1 Å². The van der Waals surface area contributed by atoms with Gasteiger partial charge in [-0.2, -0.15) is 0 Å². The van der Waals surface area contributed by atoms with Gasteiger partial charge < -0.3 is 9.80 Å². The van der Waals surface area contributed by atoms with Crippen LogP contribution < -0.4 is 0 Å². The number of rotatable bonds is 3. The Labute approximate surface area is 126 Å². The predicted molar refractivity (Wildman–Crippen MR) is 90.1 cm³/mol. The fourth-order valence-electron chi connectivity index (χ4n) is 3.42. The first-order chi connectivity index (χ1) is 9.40. The lowest BCUT2D eigenvalue weighted by atomic mass is 9.84. The predicted octanol–water partition coefficient (Wildman–Crippen LogP) is 3.95. The molecule has 1 saturated heterocycles. The SMILES string of the molecule is CC.CC1=CC(C)(CN(C)C2CCN(C)CC2)C(C)=C1. The quantitative estimate of drug-likeness (QED) is 0.771. The van der Waals surface area contributed by atoms with Crippen molar-refractivity contribution in [2.24, 2.45) is 5.41 Å². The average Bonchev–Trinajstić information content (AvgIpc) is 2.65. The molecule has 0 spiro atoms. The summed E-state index contributed by atoms with van der Waals surface area (Å²) in [4.78, 5) is 5.02. The van der Waals surface area contributed by atoms with Crippen molar-refractivity contribution >= 4 is 0 Å². The summed E-state index contributed by atoms with van der Waals surface area (Å²) < 4.78 is 0. The Morgan fingerprint density at radius 2 is 1.80 bits per heavy atom. The van der Waals surface area contributed by atoms with Crippen molar-refractivity contribution in [3.63, 3.8) is 0 Å². The Morgan fingerprint density at radius 1 is 1.25 bits per heavy atom. The van der Waals surface area contributed by atoms with Crippen molar-refractivity contribution in [1.29, 1.82) is 0 Å². The van der Waals surface area contributed by atoms with E-state index >= 15 is 0 Å². The van der Waals surface area contributed by atoms with Crippen LogP contribution in [0.5, 0.6) is 0 Å².